The molecule has 0 saturated carbocycles. The van der Waals surface area contributed by atoms with E-state index < -0.39 is 12.1 Å². The lowest BCUT2D eigenvalue weighted by molar-refractivity contribution is -0.192. The fourth-order valence-corrected chi connectivity index (χ4v) is 4.35. The number of carbonyl (C=O) groups is 2. The zero-order valence-corrected chi connectivity index (χ0v) is 18.4. The summed E-state index contributed by atoms with van der Waals surface area (Å²) in [5, 5.41) is 7.12. The van der Waals surface area contributed by atoms with Crippen LogP contribution < -0.4 is 0 Å². The molecular weight excluding hydrogens is 433 g/mol. The van der Waals surface area contributed by atoms with Crippen LogP contribution in [-0.2, 0) is 25.5 Å². The van der Waals surface area contributed by atoms with Crippen LogP contribution >= 0.6 is 0 Å². The van der Waals surface area contributed by atoms with Gasteiger partial charge in [-0.15, -0.1) is 0 Å². The third kappa shape index (κ3) is 7.49. The van der Waals surface area contributed by atoms with Gasteiger partial charge in [0.1, 0.15) is 5.76 Å². The van der Waals surface area contributed by atoms with Crippen molar-refractivity contribution in [3.63, 3.8) is 0 Å². The summed E-state index contributed by atoms with van der Waals surface area (Å²) in [6.45, 7) is 5.25. The van der Waals surface area contributed by atoms with Crippen LogP contribution in [0.3, 0.4) is 0 Å². The lowest BCUT2D eigenvalue weighted by Gasteiger charge is -2.39. The Labute approximate surface area is 185 Å². The summed E-state index contributed by atoms with van der Waals surface area (Å²) in [6.07, 6.45) is 0.203. The molecule has 2 aliphatic heterocycles. The monoisotopic (exact) mass is 464 g/mol. The van der Waals surface area contributed by atoms with Crippen LogP contribution in [0, 0.1) is 5.41 Å². The molecule has 32 heavy (non-hydrogen) atoms. The number of furan rings is 1. The number of amides is 1. The Balaban J connectivity index is 0.000000451. The zero-order chi connectivity index (χ0) is 23.8. The van der Waals surface area contributed by atoms with Crippen molar-refractivity contribution in [2.45, 2.75) is 37.9 Å². The standard InChI is InChI=1S/C19H30N2O4.C2HF3O2/c1-23-11-9-21-15-19(13-16(21)14-24-2)5-7-20(8-6-19)18(22)12-17-4-3-10-25-17;3-2(4,5)1(6)7/h3-4,10,16H,5-9,11-15H2,1-2H3;(H,6,7). The number of hydrogen-bond acceptors (Lipinski definition) is 6. The maximum absolute atomic E-state index is 12.5. The number of carbonyl (C=O) groups excluding carboxylic acids is 1. The Morgan fingerprint density at radius 2 is 1.91 bits per heavy atom. The zero-order valence-electron chi connectivity index (χ0n) is 18.4. The molecule has 1 spiro atoms. The first-order chi connectivity index (χ1) is 15.1. The van der Waals surface area contributed by atoms with Gasteiger partial charge in [-0.05, 0) is 36.8 Å². The molecule has 0 bridgehead atoms. The van der Waals surface area contributed by atoms with Crippen molar-refractivity contribution in [3.8, 4) is 0 Å². The molecule has 0 radical (unpaired) electrons. The van der Waals surface area contributed by atoms with E-state index in [1.165, 1.54) is 0 Å². The third-order valence-electron chi connectivity index (χ3n) is 5.99. The summed E-state index contributed by atoms with van der Waals surface area (Å²) in [7, 11) is 3.52. The van der Waals surface area contributed by atoms with Crippen LogP contribution in [0.5, 0.6) is 0 Å². The van der Waals surface area contributed by atoms with Crippen LogP contribution in [0.4, 0.5) is 13.2 Å². The van der Waals surface area contributed by atoms with E-state index in [2.05, 4.69) is 4.90 Å². The highest BCUT2D eigenvalue weighted by molar-refractivity contribution is 5.78. The van der Waals surface area contributed by atoms with Crippen molar-refractivity contribution in [2.24, 2.45) is 5.41 Å². The number of nitrogens with zero attached hydrogens (tertiary/aromatic N) is 2. The van der Waals surface area contributed by atoms with E-state index in [1.807, 2.05) is 17.0 Å². The number of methoxy groups -OCH3 is 2. The van der Waals surface area contributed by atoms with Crippen LogP contribution in [0.2, 0.25) is 0 Å². The fraction of sp³-hybridized carbons (Fsp3) is 0.714. The number of piperidine rings is 1. The van der Waals surface area contributed by atoms with E-state index in [4.69, 9.17) is 23.8 Å². The van der Waals surface area contributed by atoms with Crippen LogP contribution in [0.1, 0.15) is 25.0 Å². The third-order valence-corrected chi connectivity index (χ3v) is 5.99. The first-order valence-electron chi connectivity index (χ1n) is 10.4. The highest BCUT2D eigenvalue weighted by atomic mass is 19.4. The number of aliphatic carboxylic acids is 1. The van der Waals surface area contributed by atoms with Crippen LogP contribution in [0.25, 0.3) is 0 Å². The molecule has 1 unspecified atom stereocenters. The number of rotatable bonds is 7. The number of carboxylic acid groups (broad SMARTS) is 1. The minimum atomic E-state index is -5.08. The molecule has 3 rings (SSSR count). The number of carboxylic acids is 1. The van der Waals surface area contributed by atoms with Gasteiger partial charge >= 0.3 is 12.1 Å². The Kier molecular flexibility index (Phi) is 9.53. The minimum absolute atomic E-state index is 0.174. The van der Waals surface area contributed by atoms with E-state index in [0.29, 0.717) is 17.9 Å². The lowest BCUT2D eigenvalue weighted by atomic mass is 9.76. The van der Waals surface area contributed by atoms with E-state index in [0.717, 1.165) is 64.4 Å². The number of hydrogen-bond donors (Lipinski definition) is 1. The van der Waals surface area contributed by atoms with E-state index in [9.17, 15) is 18.0 Å². The molecule has 2 aliphatic rings. The number of alkyl halides is 3. The first-order valence-corrected chi connectivity index (χ1v) is 10.4. The second-order valence-electron chi connectivity index (χ2n) is 8.22. The van der Waals surface area contributed by atoms with Gasteiger partial charge in [-0.1, -0.05) is 0 Å². The fourth-order valence-electron chi connectivity index (χ4n) is 4.35. The maximum atomic E-state index is 12.5. The van der Waals surface area contributed by atoms with Crippen molar-refractivity contribution in [1.82, 2.24) is 9.80 Å². The maximum Gasteiger partial charge on any atom is 0.490 e. The normalized spacial score (nSPS) is 20.8. The van der Waals surface area contributed by atoms with Gasteiger partial charge in [0.2, 0.25) is 5.91 Å². The molecule has 0 aromatic carbocycles. The molecule has 0 aliphatic carbocycles. The topological polar surface area (TPSA) is 92.5 Å². The van der Waals surface area contributed by atoms with E-state index in [1.54, 1.807) is 20.5 Å². The molecule has 1 atom stereocenters. The smallest absolute Gasteiger partial charge is 0.475 e. The Morgan fingerprint density at radius 3 is 2.41 bits per heavy atom. The van der Waals surface area contributed by atoms with Gasteiger partial charge < -0.3 is 23.9 Å². The van der Waals surface area contributed by atoms with Gasteiger partial charge in [0.05, 0.1) is 25.9 Å². The molecule has 1 amide bonds. The molecule has 2 saturated heterocycles. The van der Waals surface area contributed by atoms with E-state index >= 15 is 0 Å². The SMILES string of the molecule is COCCN1CC2(CCN(C(=O)Cc3ccco3)CC2)CC1COC.O=C(O)C(F)(F)F. The van der Waals surface area contributed by atoms with Crippen molar-refractivity contribution < 1.29 is 41.8 Å². The minimum Gasteiger partial charge on any atom is -0.475 e. The summed E-state index contributed by atoms with van der Waals surface area (Å²) in [4.78, 5) is 25.9. The Morgan fingerprint density at radius 1 is 1.25 bits per heavy atom. The molecule has 2 fully saturated rings. The number of ether oxygens (including phenoxy) is 2. The van der Waals surface area contributed by atoms with Gasteiger partial charge in [-0.2, -0.15) is 13.2 Å². The predicted octanol–water partition coefficient (Wildman–Crippen LogP) is 2.43. The summed E-state index contributed by atoms with van der Waals surface area (Å²) in [5.74, 6) is -1.84. The van der Waals surface area contributed by atoms with Gasteiger partial charge in [0.15, 0.2) is 0 Å². The van der Waals surface area contributed by atoms with Crippen molar-refractivity contribution in [1.29, 1.82) is 0 Å². The van der Waals surface area contributed by atoms with Crippen molar-refractivity contribution >= 4 is 11.9 Å². The van der Waals surface area contributed by atoms with Crippen LogP contribution in [-0.4, -0.2) is 92.6 Å². The largest absolute Gasteiger partial charge is 0.490 e. The summed E-state index contributed by atoms with van der Waals surface area (Å²) < 4.78 is 47.7. The van der Waals surface area contributed by atoms with Gasteiger partial charge in [-0.25, -0.2) is 4.79 Å². The molecule has 1 N–H and O–H groups in total. The molecule has 11 heteroatoms. The summed E-state index contributed by atoms with van der Waals surface area (Å²) in [5.41, 5.74) is 0.318. The second kappa shape index (κ2) is 11.7. The van der Waals surface area contributed by atoms with Gasteiger partial charge in [-0.3, -0.25) is 9.69 Å². The molecule has 182 valence electrons. The highest BCUT2D eigenvalue weighted by Gasteiger charge is 2.45. The Hall–Kier alpha value is -2.11. The predicted molar refractivity (Wildman–Crippen MR) is 108 cm³/mol. The van der Waals surface area contributed by atoms with Crippen molar-refractivity contribution in [3.05, 3.63) is 24.2 Å². The highest BCUT2D eigenvalue weighted by Crippen LogP contribution is 2.43. The van der Waals surface area contributed by atoms with E-state index in [-0.39, 0.29) is 5.91 Å². The summed E-state index contributed by atoms with van der Waals surface area (Å²) in [6, 6.07) is 4.16. The van der Waals surface area contributed by atoms with Gasteiger partial charge in [0.25, 0.3) is 0 Å². The molecule has 1 aromatic rings. The quantitative estimate of drug-likeness (QED) is 0.663. The molecule has 3 heterocycles. The number of halogens is 3. The lowest BCUT2D eigenvalue weighted by Crippen LogP contribution is -2.45. The molecular formula is C21H31F3N2O6. The second-order valence-corrected chi connectivity index (χ2v) is 8.22. The number of likely N-dealkylation sites (tertiary alicyclic amines) is 2. The van der Waals surface area contributed by atoms with Crippen molar-refractivity contribution in [2.75, 3.05) is 53.6 Å². The summed E-state index contributed by atoms with van der Waals surface area (Å²) >= 11 is 0. The average Bonchev–Trinajstić information content (AvgIpc) is 3.35. The van der Waals surface area contributed by atoms with Gasteiger partial charge in [0, 0.05) is 46.4 Å². The molecule has 8 nitrogen and oxygen atoms in total. The first kappa shape index (κ1) is 26.1. The molecule has 1 aromatic heterocycles. The van der Waals surface area contributed by atoms with Crippen LogP contribution in [0.15, 0.2) is 22.8 Å². The average molecular weight is 464 g/mol. The Bertz CT molecular complexity index is 718.